The molecule has 0 N–H and O–H groups in total. The Morgan fingerprint density at radius 3 is 1.76 bits per heavy atom. The Balaban J connectivity index is 2.92. The van der Waals surface area contributed by atoms with Crippen LogP contribution < -0.4 is 0 Å². The summed E-state index contributed by atoms with van der Waals surface area (Å²) in [5.41, 5.74) is 0.446. The molecular formula is C13H22O3Si. The lowest BCUT2D eigenvalue weighted by Crippen LogP contribution is -2.50. The number of hydrogen-bond donors (Lipinski definition) is 0. The zero-order valence-corrected chi connectivity index (χ0v) is 12.7. The summed E-state index contributed by atoms with van der Waals surface area (Å²) in [6, 6.07) is 10.4. The first kappa shape index (κ1) is 14.4. The van der Waals surface area contributed by atoms with Crippen molar-refractivity contribution in [1.82, 2.24) is 0 Å². The molecular weight excluding hydrogens is 232 g/mol. The van der Waals surface area contributed by atoms with Crippen LogP contribution in [-0.4, -0.2) is 36.4 Å². The van der Waals surface area contributed by atoms with Gasteiger partial charge in [0, 0.05) is 21.3 Å². The van der Waals surface area contributed by atoms with E-state index in [1.807, 2.05) is 6.07 Å². The average molecular weight is 254 g/mol. The molecule has 0 radical (unpaired) electrons. The molecule has 0 bridgehead atoms. The van der Waals surface area contributed by atoms with E-state index < -0.39 is 15.1 Å². The third kappa shape index (κ3) is 3.39. The van der Waals surface area contributed by atoms with Crippen molar-refractivity contribution in [3.63, 3.8) is 0 Å². The highest BCUT2D eigenvalue weighted by Crippen LogP contribution is 2.27. The zero-order chi connectivity index (χ0) is 12.9. The number of ether oxygens (including phenoxy) is 3. The molecule has 0 unspecified atom stereocenters. The Bertz CT molecular complexity index is 326. The number of hydrogen-bond acceptors (Lipinski definition) is 3. The van der Waals surface area contributed by atoms with Gasteiger partial charge in [-0.3, -0.25) is 0 Å². The maximum absolute atomic E-state index is 5.41. The lowest BCUT2D eigenvalue weighted by molar-refractivity contribution is -0.296. The zero-order valence-electron chi connectivity index (χ0n) is 11.3. The van der Waals surface area contributed by atoms with Gasteiger partial charge in [0.25, 0.3) is 0 Å². The molecule has 1 aromatic rings. The molecule has 0 heterocycles. The van der Waals surface area contributed by atoms with Gasteiger partial charge in [-0.25, -0.2) is 0 Å². The van der Waals surface area contributed by atoms with Crippen LogP contribution in [0.3, 0.4) is 0 Å². The first-order chi connectivity index (χ1) is 7.99. The van der Waals surface area contributed by atoms with Crippen LogP contribution in [-0.2, 0) is 19.2 Å². The molecule has 0 atom stereocenters. The molecule has 0 aliphatic rings. The van der Waals surface area contributed by atoms with E-state index in [1.54, 1.807) is 21.3 Å². The summed E-state index contributed by atoms with van der Waals surface area (Å²) in [7, 11) is 4.06. The summed E-state index contributed by atoms with van der Waals surface area (Å²) >= 11 is 0. The second kappa shape index (κ2) is 5.77. The Morgan fingerprint density at radius 1 is 0.882 bits per heavy atom. The van der Waals surface area contributed by atoms with Crippen LogP contribution in [0, 0.1) is 0 Å². The molecule has 0 aliphatic heterocycles. The average Bonchev–Trinajstić information content (AvgIpc) is 2.37. The van der Waals surface area contributed by atoms with E-state index in [2.05, 4.69) is 38.1 Å². The summed E-state index contributed by atoms with van der Waals surface area (Å²) < 4.78 is 16.2. The van der Waals surface area contributed by atoms with Gasteiger partial charge in [0.1, 0.15) is 9.52 Å². The van der Waals surface area contributed by atoms with Crippen LogP contribution in [0.15, 0.2) is 30.3 Å². The van der Waals surface area contributed by atoms with Crippen LogP contribution in [0.5, 0.6) is 0 Å². The van der Waals surface area contributed by atoms with E-state index in [0.29, 0.717) is 0 Å². The summed E-state index contributed by atoms with van der Waals surface area (Å²) in [6.07, 6.45) is 0. The Morgan fingerprint density at radius 2 is 1.35 bits per heavy atom. The molecule has 0 saturated heterocycles. The lowest BCUT2D eigenvalue weighted by atomic mass is 10.0. The Hall–Kier alpha value is -0.683. The van der Waals surface area contributed by atoms with Gasteiger partial charge in [-0.2, -0.15) is 0 Å². The van der Waals surface area contributed by atoms with Gasteiger partial charge >= 0.3 is 0 Å². The third-order valence-corrected chi connectivity index (χ3v) is 5.74. The lowest BCUT2D eigenvalue weighted by Gasteiger charge is -2.36. The highest BCUT2D eigenvalue weighted by Gasteiger charge is 2.38. The highest BCUT2D eigenvalue weighted by molar-refractivity contribution is 6.42. The Kier molecular flexibility index (Phi) is 4.88. The minimum absolute atomic E-state index is 0.0449. The molecule has 0 aromatic heterocycles. The second-order valence-electron chi connectivity index (χ2n) is 4.72. The van der Waals surface area contributed by atoms with Crippen molar-refractivity contribution in [2.75, 3.05) is 21.3 Å². The molecule has 1 aromatic carbocycles. The SMILES string of the molecule is COC(OC)(OC)[SiH2]C(C)(C)c1ccccc1. The molecule has 17 heavy (non-hydrogen) atoms. The molecule has 3 nitrogen and oxygen atoms in total. The summed E-state index contributed by atoms with van der Waals surface area (Å²) in [6.45, 7) is 4.42. The molecule has 4 heteroatoms. The quantitative estimate of drug-likeness (QED) is 0.570. The smallest absolute Gasteiger partial charge is 0.249 e. The minimum Gasteiger partial charge on any atom is -0.335 e. The second-order valence-corrected chi connectivity index (χ2v) is 7.71. The van der Waals surface area contributed by atoms with Gasteiger partial charge < -0.3 is 14.2 Å². The van der Waals surface area contributed by atoms with Crippen LogP contribution in [0.25, 0.3) is 0 Å². The van der Waals surface area contributed by atoms with Crippen LogP contribution in [0.1, 0.15) is 19.4 Å². The van der Waals surface area contributed by atoms with Gasteiger partial charge in [0.15, 0.2) is 0 Å². The Labute approximate surface area is 106 Å². The van der Waals surface area contributed by atoms with Crippen LogP contribution >= 0.6 is 0 Å². The maximum Gasteiger partial charge on any atom is 0.249 e. The molecule has 0 amide bonds. The van der Waals surface area contributed by atoms with E-state index in [1.165, 1.54) is 5.56 Å². The molecule has 0 saturated carbocycles. The van der Waals surface area contributed by atoms with E-state index in [0.717, 1.165) is 0 Å². The minimum atomic E-state index is -0.848. The standard InChI is InChI=1S/C13H22O3Si/c1-12(2,11-9-7-6-8-10-11)17-13(14-3,15-4)16-5/h6-10H,17H2,1-5H3. The van der Waals surface area contributed by atoms with Gasteiger partial charge in [-0.05, 0) is 10.6 Å². The fourth-order valence-corrected chi connectivity index (χ4v) is 3.95. The summed E-state index contributed by atoms with van der Waals surface area (Å²) in [5, 5.41) is 0.0449. The number of methoxy groups -OCH3 is 3. The first-order valence-corrected chi connectivity index (χ1v) is 7.12. The molecule has 0 fully saturated rings. The molecule has 0 aliphatic carbocycles. The fraction of sp³-hybridized carbons (Fsp3) is 0.538. The molecule has 96 valence electrons. The van der Waals surface area contributed by atoms with E-state index in [-0.39, 0.29) is 5.04 Å². The van der Waals surface area contributed by atoms with Gasteiger partial charge in [-0.15, -0.1) is 0 Å². The van der Waals surface area contributed by atoms with E-state index in [9.17, 15) is 0 Å². The normalized spacial score (nSPS) is 13.5. The number of benzene rings is 1. The largest absolute Gasteiger partial charge is 0.335 e. The van der Waals surface area contributed by atoms with Crippen LogP contribution in [0.2, 0.25) is 0 Å². The van der Waals surface area contributed by atoms with Gasteiger partial charge in [0.2, 0.25) is 5.60 Å². The predicted molar refractivity (Wildman–Crippen MR) is 71.8 cm³/mol. The number of rotatable bonds is 6. The molecule has 0 spiro atoms. The van der Waals surface area contributed by atoms with Crippen molar-refractivity contribution in [2.24, 2.45) is 0 Å². The maximum atomic E-state index is 5.41. The van der Waals surface area contributed by atoms with Crippen LogP contribution in [0.4, 0.5) is 0 Å². The van der Waals surface area contributed by atoms with Crippen molar-refractivity contribution in [1.29, 1.82) is 0 Å². The van der Waals surface area contributed by atoms with E-state index in [4.69, 9.17) is 14.2 Å². The van der Waals surface area contributed by atoms with E-state index >= 15 is 0 Å². The van der Waals surface area contributed by atoms with Gasteiger partial charge in [0.05, 0.1) is 0 Å². The topological polar surface area (TPSA) is 27.7 Å². The van der Waals surface area contributed by atoms with Crippen molar-refractivity contribution in [2.45, 2.75) is 24.5 Å². The summed E-state index contributed by atoms with van der Waals surface area (Å²) in [5.74, 6) is 0. The predicted octanol–water partition coefficient (Wildman–Crippen LogP) is 1.64. The van der Waals surface area contributed by atoms with Crippen molar-refractivity contribution in [3.8, 4) is 0 Å². The van der Waals surface area contributed by atoms with Crippen molar-refractivity contribution >= 4 is 9.52 Å². The summed E-state index contributed by atoms with van der Waals surface area (Å²) in [4.78, 5) is 0. The first-order valence-electron chi connectivity index (χ1n) is 5.70. The van der Waals surface area contributed by atoms with Crippen molar-refractivity contribution < 1.29 is 14.2 Å². The van der Waals surface area contributed by atoms with Gasteiger partial charge in [-0.1, -0.05) is 44.2 Å². The highest BCUT2D eigenvalue weighted by atomic mass is 28.2. The molecule has 1 rings (SSSR count). The van der Waals surface area contributed by atoms with Crippen molar-refractivity contribution in [3.05, 3.63) is 35.9 Å². The fourth-order valence-electron chi connectivity index (χ4n) is 2.00. The monoisotopic (exact) mass is 254 g/mol. The third-order valence-electron chi connectivity index (χ3n) is 3.15.